The van der Waals surface area contributed by atoms with E-state index in [0.29, 0.717) is 29.9 Å². The van der Waals surface area contributed by atoms with Crippen LogP contribution in [0.15, 0.2) is 36.4 Å². The van der Waals surface area contributed by atoms with Gasteiger partial charge in [-0.3, -0.25) is 9.59 Å². The van der Waals surface area contributed by atoms with Crippen molar-refractivity contribution in [2.24, 2.45) is 0 Å². The largest absolute Gasteiger partial charge is 0.493 e. The molecule has 1 aliphatic heterocycles. The smallest absolute Gasteiger partial charge is 0.254 e. The van der Waals surface area contributed by atoms with Crippen molar-refractivity contribution in [3.05, 3.63) is 53.1 Å². The molecular formula is C25H32N2O4. The van der Waals surface area contributed by atoms with E-state index >= 15 is 0 Å². The number of hydrogen-bond acceptors (Lipinski definition) is 4. The topological polar surface area (TPSA) is 67.9 Å². The van der Waals surface area contributed by atoms with Crippen LogP contribution in [0.25, 0.3) is 0 Å². The Morgan fingerprint density at radius 2 is 1.84 bits per heavy atom. The van der Waals surface area contributed by atoms with Gasteiger partial charge in [-0.25, -0.2) is 0 Å². The second-order valence-electron chi connectivity index (χ2n) is 8.11. The number of amides is 2. The standard InChI is InChI=1S/C25H32N2O4/c1-17-15-20(25(29)27-14-6-5-7-18(27)2)10-11-21(17)26-24(28)13-9-19-8-12-22(30-3)23(16-19)31-4/h8,10-12,15-16,18H,5-7,9,13-14H2,1-4H3,(H,26,28). The summed E-state index contributed by atoms with van der Waals surface area (Å²) in [7, 11) is 3.19. The van der Waals surface area contributed by atoms with Gasteiger partial charge in [0.25, 0.3) is 5.91 Å². The van der Waals surface area contributed by atoms with Crippen LogP contribution in [0, 0.1) is 6.92 Å². The molecule has 6 nitrogen and oxygen atoms in total. The van der Waals surface area contributed by atoms with Crippen molar-refractivity contribution in [2.75, 3.05) is 26.1 Å². The Morgan fingerprint density at radius 3 is 2.52 bits per heavy atom. The normalized spacial score (nSPS) is 16.0. The number of likely N-dealkylation sites (tertiary alicyclic amines) is 1. The number of piperidine rings is 1. The van der Waals surface area contributed by atoms with E-state index in [2.05, 4.69) is 12.2 Å². The number of benzene rings is 2. The Labute approximate surface area is 184 Å². The first-order valence-corrected chi connectivity index (χ1v) is 10.8. The van der Waals surface area contributed by atoms with E-state index in [4.69, 9.17) is 9.47 Å². The molecule has 2 amide bonds. The fraction of sp³-hybridized carbons (Fsp3) is 0.440. The zero-order valence-corrected chi connectivity index (χ0v) is 18.9. The lowest BCUT2D eigenvalue weighted by molar-refractivity contribution is -0.116. The molecule has 1 atom stereocenters. The molecular weight excluding hydrogens is 392 g/mol. The van der Waals surface area contributed by atoms with E-state index in [1.165, 1.54) is 6.42 Å². The van der Waals surface area contributed by atoms with Crippen LogP contribution in [0.5, 0.6) is 11.5 Å². The molecule has 1 unspecified atom stereocenters. The number of aryl methyl sites for hydroxylation is 2. The number of nitrogens with one attached hydrogen (secondary N) is 1. The van der Waals surface area contributed by atoms with Crippen molar-refractivity contribution >= 4 is 17.5 Å². The van der Waals surface area contributed by atoms with Crippen molar-refractivity contribution in [2.45, 2.75) is 52.0 Å². The van der Waals surface area contributed by atoms with Crippen LogP contribution >= 0.6 is 0 Å². The molecule has 0 bridgehead atoms. The van der Waals surface area contributed by atoms with Crippen molar-refractivity contribution in [1.29, 1.82) is 0 Å². The van der Waals surface area contributed by atoms with Gasteiger partial charge in [0.05, 0.1) is 14.2 Å². The lowest BCUT2D eigenvalue weighted by atomic mass is 10.0. The molecule has 1 fully saturated rings. The second-order valence-corrected chi connectivity index (χ2v) is 8.11. The molecule has 1 N–H and O–H groups in total. The average molecular weight is 425 g/mol. The molecule has 0 saturated carbocycles. The van der Waals surface area contributed by atoms with Crippen molar-refractivity contribution < 1.29 is 19.1 Å². The molecule has 2 aromatic carbocycles. The SMILES string of the molecule is COc1ccc(CCC(=O)Nc2ccc(C(=O)N3CCCCC3C)cc2C)cc1OC. The van der Waals surface area contributed by atoms with Gasteiger partial charge in [-0.15, -0.1) is 0 Å². The molecule has 31 heavy (non-hydrogen) atoms. The summed E-state index contributed by atoms with van der Waals surface area (Å²) in [4.78, 5) is 27.3. The summed E-state index contributed by atoms with van der Waals surface area (Å²) in [5.41, 5.74) is 3.30. The molecule has 166 valence electrons. The number of carbonyl (C=O) groups excluding carboxylic acids is 2. The van der Waals surface area contributed by atoms with Crippen LogP contribution in [-0.2, 0) is 11.2 Å². The molecule has 0 spiro atoms. The Kier molecular flexibility index (Phi) is 7.55. The van der Waals surface area contributed by atoms with Crippen LogP contribution in [-0.4, -0.2) is 43.5 Å². The van der Waals surface area contributed by atoms with Crippen LogP contribution in [0.2, 0.25) is 0 Å². The Morgan fingerprint density at radius 1 is 1.06 bits per heavy atom. The third-order valence-electron chi connectivity index (χ3n) is 5.90. The van der Waals surface area contributed by atoms with Gasteiger partial charge in [0.15, 0.2) is 11.5 Å². The fourth-order valence-corrected chi connectivity index (χ4v) is 4.01. The van der Waals surface area contributed by atoms with Crippen molar-refractivity contribution in [3.8, 4) is 11.5 Å². The maximum Gasteiger partial charge on any atom is 0.254 e. The van der Waals surface area contributed by atoms with Crippen LogP contribution in [0.1, 0.15) is 54.1 Å². The highest BCUT2D eigenvalue weighted by molar-refractivity contribution is 5.96. The van der Waals surface area contributed by atoms with Gasteiger partial charge in [-0.1, -0.05) is 6.07 Å². The second kappa shape index (κ2) is 10.3. The third kappa shape index (κ3) is 5.57. The van der Waals surface area contributed by atoms with Gasteiger partial charge in [0.1, 0.15) is 0 Å². The zero-order valence-electron chi connectivity index (χ0n) is 18.9. The maximum absolute atomic E-state index is 12.9. The minimum absolute atomic E-state index is 0.0679. The Balaban J connectivity index is 1.59. The molecule has 1 aliphatic rings. The number of rotatable bonds is 7. The number of nitrogens with zero attached hydrogens (tertiary/aromatic N) is 1. The number of methoxy groups -OCH3 is 2. The third-order valence-corrected chi connectivity index (χ3v) is 5.90. The summed E-state index contributed by atoms with van der Waals surface area (Å²) in [5, 5.41) is 2.97. The lowest BCUT2D eigenvalue weighted by Gasteiger charge is -2.33. The van der Waals surface area contributed by atoms with Crippen LogP contribution in [0.3, 0.4) is 0 Å². The summed E-state index contributed by atoms with van der Waals surface area (Å²) in [6.07, 6.45) is 4.23. The highest BCUT2D eigenvalue weighted by Crippen LogP contribution is 2.28. The zero-order chi connectivity index (χ0) is 22.4. The highest BCUT2D eigenvalue weighted by atomic mass is 16.5. The number of ether oxygens (including phenoxy) is 2. The summed E-state index contributed by atoms with van der Waals surface area (Å²) >= 11 is 0. The van der Waals surface area contributed by atoms with Gasteiger partial charge in [-0.05, 0) is 81.0 Å². The lowest BCUT2D eigenvalue weighted by Crippen LogP contribution is -2.42. The molecule has 0 radical (unpaired) electrons. The molecule has 3 rings (SSSR count). The van der Waals surface area contributed by atoms with E-state index in [9.17, 15) is 9.59 Å². The number of hydrogen-bond donors (Lipinski definition) is 1. The predicted octanol–water partition coefficient (Wildman–Crippen LogP) is 4.60. The quantitative estimate of drug-likeness (QED) is 0.705. The minimum Gasteiger partial charge on any atom is -0.493 e. The van der Waals surface area contributed by atoms with Crippen molar-refractivity contribution in [3.63, 3.8) is 0 Å². The average Bonchev–Trinajstić information content (AvgIpc) is 2.78. The van der Waals surface area contributed by atoms with Gasteiger partial charge in [-0.2, -0.15) is 0 Å². The van der Waals surface area contributed by atoms with Gasteiger partial charge in [0, 0.05) is 30.3 Å². The first kappa shape index (κ1) is 22.7. The molecule has 0 aromatic heterocycles. The van der Waals surface area contributed by atoms with E-state index in [1.54, 1.807) is 20.3 Å². The van der Waals surface area contributed by atoms with Crippen LogP contribution < -0.4 is 14.8 Å². The van der Waals surface area contributed by atoms with Gasteiger partial charge < -0.3 is 19.7 Å². The maximum atomic E-state index is 12.9. The predicted molar refractivity (Wildman–Crippen MR) is 122 cm³/mol. The molecule has 2 aromatic rings. The van der Waals surface area contributed by atoms with Gasteiger partial charge in [0.2, 0.25) is 5.91 Å². The molecule has 0 aliphatic carbocycles. The molecule has 1 heterocycles. The summed E-state index contributed by atoms with van der Waals surface area (Å²) in [6, 6.07) is 11.4. The van der Waals surface area contributed by atoms with E-state index < -0.39 is 0 Å². The summed E-state index contributed by atoms with van der Waals surface area (Å²) in [6.45, 7) is 4.84. The molecule has 1 saturated heterocycles. The monoisotopic (exact) mass is 424 g/mol. The highest BCUT2D eigenvalue weighted by Gasteiger charge is 2.24. The van der Waals surface area contributed by atoms with E-state index in [1.807, 2.05) is 42.2 Å². The Hall–Kier alpha value is -3.02. The van der Waals surface area contributed by atoms with Gasteiger partial charge >= 0.3 is 0 Å². The van der Waals surface area contributed by atoms with E-state index in [0.717, 1.165) is 36.2 Å². The minimum atomic E-state index is -0.0679. The first-order valence-electron chi connectivity index (χ1n) is 10.8. The summed E-state index contributed by atoms with van der Waals surface area (Å²) < 4.78 is 10.6. The van der Waals surface area contributed by atoms with Crippen LogP contribution in [0.4, 0.5) is 5.69 Å². The molecule has 6 heteroatoms. The summed E-state index contributed by atoms with van der Waals surface area (Å²) in [5.74, 6) is 1.32. The van der Waals surface area contributed by atoms with E-state index in [-0.39, 0.29) is 17.9 Å². The Bertz CT molecular complexity index is 941. The van der Waals surface area contributed by atoms with Crippen molar-refractivity contribution in [1.82, 2.24) is 4.90 Å². The first-order chi connectivity index (χ1) is 14.9. The number of carbonyl (C=O) groups is 2. The number of anilines is 1. The fourth-order valence-electron chi connectivity index (χ4n) is 4.01.